The average Bonchev–Trinajstić information content (AvgIpc) is 2.62. The number of carbonyl (C=O) groups is 2. The van der Waals surface area contributed by atoms with Crippen molar-refractivity contribution < 1.29 is 14.3 Å². The Kier molecular flexibility index (Phi) is 8.56. The highest BCUT2D eigenvalue weighted by atomic mass is 35.5. The van der Waals surface area contributed by atoms with Crippen LogP contribution in [-0.4, -0.2) is 25.5 Å². The van der Waals surface area contributed by atoms with Crippen LogP contribution >= 0.6 is 24.0 Å². The van der Waals surface area contributed by atoms with Gasteiger partial charge in [0.25, 0.3) is 0 Å². The molecule has 0 aliphatic heterocycles. The number of halogens is 2. The molecule has 0 radical (unpaired) electrons. The Morgan fingerprint density at radius 2 is 1.85 bits per heavy atom. The van der Waals surface area contributed by atoms with E-state index in [4.69, 9.17) is 22.1 Å². The Morgan fingerprint density at radius 3 is 2.48 bits per heavy atom. The molecule has 0 saturated heterocycles. The topological polar surface area (TPSA) is 93.5 Å². The minimum Gasteiger partial charge on any atom is -0.495 e. The van der Waals surface area contributed by atoms with Gasteiger partial charge in [-0.05, 0) is 30.7 Å². The van der Waals surface area contributed by atoms with Crippen LogP contribution in [0.25, 0.3) is 0 Å². The van der Waals surface area contributed by atoms with Crippen LogP contribution in [0.1, 0.15) is 18.9 Å². The molecule has 0 heterocycles. The summed E-state index contributed by atoms with van der Waals surface area (Å²) in [5.74, 6) is -0.119. The van der Waals surface area contributed by atoms with E-state index in [0.717, 1.165) is 0 Å². The maximum atomic E-state index is 12.3. The summed E-state index contributed by atoms with van der Waals surface area (Å²) in [6.45, 7) is 1.79. The summed E-state index contributed by atoms with van der Waals surface area (Å²) < 4.78 is 5.18. The van der Waals surface area contributed by atoms with Crippen molar-refractivity contribution in [2.45, 2.75) is 18.9 Å². The first-order valence-electron chi connectivity index (χ1n) is 8.10. The van der Waals surface area contributed by atoms with Gasteiger partial charge in [-0.3, -0.25) is 9.59 Å². The Hall–Kier alpha value is -2.28. The van der Waals surface area contributed by atoms with Gasteiger partial charge in [-0.25, -0.2) is 0 Å². The Labute approximate surface area is 169 Å². The van der Waals surface area contributed by atoms with E-state index in [1.165, 1.54) is 7.11 Å². The maximum absolute atomic E-state index is 12.3. The molecule has 146 valence electrons. The summed E-state index contributed by atoms with van der Waals surface area (Å²) in [6.07, 6.45) is 0.0896. The molecule has 0 aliphatic rings. The van der Waals surface area contributed by atoms with Crippen LogP contribution in [0.15, 0.2) is 48.5 Å². The van der Waals surface area contributed by atoms with Crippen molar-refractivity contribution in [1.29, 1.82) is 0 Å². The minimum absolute atomic E-state index is 0. The van der Waals surface area contributed by atoms with E-state index in [2.05, 4.69) is 10.6 Å². The molecule has 1 unspecified atom stereocenters. The zero-order chi connectivity index (χ0) is 19.2. The lowest BCUT2D eigenvalue weighted by molar-refractivity contribution is -0.126. The summed E-state index contributed by atoms with van der Waals surface area (Å²) in [5, 5.41) is 5.89. The number of ether oxygens (including phenoxy) is 1. The summed E-state index contributed by atoms with van der Waals surface area (Å²) in [6, 6.07) is 14.0. The zero-order valence-electron chi connectivity index (χ0n) is 15.1. The Bertz CT molecular complexity index is 783. The standard InChI is InChI=1S/C19H22ClN3O3.ClH/c1-19(21,13-6-4-3-5-7-13)18(25)22-11-10-17(24)23-15-12-14(20)8-9-16(15)26-2;/h3-9,12H,10-11,21H2,1-2H3,(H,22,25)(H,23,24);1H. The highest BCUT2D eigenvalue weighted by Crippen LogP contribution is 2.27. The molecular weight excluding hydrogens is 389 g/mol. The van der Waals surface area contributed by atoms with Crippen molar-refractivity contribution in [3.8, 4) is 5.75 Å². The first kappa shape index (κ1) is 22.8. The maximum Gasteiger partial charge on any atom is 0.244 e. The molecule has 2 aromatic carbocycles. The smallest absolute Gasteiger partial charge is 0.244 e. The number of hydrogen-bond acceptors (Lipinski definition) is 4. The molecule has 2 rings (SSSR count). The number of benzene rings is 2. The summed E-state index contributed by atoms with van der Waals surface area (Å²) >= 11 is 5.93. The van der Waals surface area contributed by atoms with Crippen molar-refractivity contribution in [2.24, 2.45) is 5.73 Å². The second-order valence-electron chi connectivity index (χ2n) is 5.97. The number of rotatable bonds is 7. The number of nitrogens with one attached hydrogen (secondary N) is 2. The van der Waals surface area contributed by atoms with Crippen LogP contribution in [0.2, 0.25) is 5.02 Å². The SMILES string of the molecule is COc1ccc(Cl)cc1NC(=O)CCNC(=O)C(C)(N)c1ccccc1.Cl. The third kappa shape index (κ3) is 6.13. The molecule has 0 aromatic heterocycles. The number of methoxy groups -OCH3 is 1. The summed E-state index contributed by atoms with van der Waals surface area (Å²) in [5.41, 5.74) is 6.14. The Morgan fingerprint density at radius 1 is 1.19 bits per heavy atom. The zero-order valence-corrected chi connectivity index (χ0v) is 16.7. The first-order valence-corrected chi connectivity index (χ1v) is 8.48. The van der Waals surface area contributed by atoms with Crippen molar-refractivity contribution in [3.63, 3.8) is 0 Å². The van der Waals surface area contributed by atoms with Crippen LogP contribution < -0.4 is 21.1 Å². The summed E-state index contributed by atoms with van der Waals surface area (Å²) in [7, 11) is 1.50. The molecule has 1 atom stereocenters. The fraction of sp³-hybridized carbons (Fsp3) is 0.263. The monoisotopic (exact) mass is 411 g/mol. The number of nitrogens with two attached hydrogens (primary N) is 1. The van der Waals surface area contributed by atoms with Gasteiger partial charge in [-0.15, -0.1) is 12.4 Å². The fourth-order valence-corrected chi connectivity index (χ4v) is 2.55. The van der Waals surface area contributed by atoms with Crippen LogP contribution in [0.5, 0.6) is 5.75 Å². The molecule has 27 heavy (non-hydrogen) atoms. The van der Waals surface area contributed by atoms with Gasteiger partial charge in [-0.2, -0.15) is 0 Å². The van der Waals surface area contributed by atoms with Crippen molar-refractivity contribution in [3.05, 3.63) is 59.1 Å². The molecule has 0 fully saturated rings. The van der Waals surface area contributed by atoms with E-state index >= 15 is 0 Å². The third-order valence-corrected chi connectivity index (χ3v) is 4.15. The lowest BCUT2D eigenvalue weighted by atomic mass is 9.92. The molecule has 2 aromatic rings. The van der Waals surface area contributed by atoms with Gasteiger partial charge in [-0.1, -0.05) is 41.9 Å². The molecule has 8 heteroatoms. The second-order valence-corrected chi connectivity index (χ2v) is 6.40. The van der Waals surface area contributed by atoms with Gasteiger partial charge >= 0.3 is 0 Å². The van der Waals surface area contributed by atoms with Crippen molar-refractivity contribution in [2.75, 3.05) is 19.0 Å². The predicted octanol–water partition coefficient (Wildman–Crippen LogP) is 3.09. The number of amides is 2. The molecule has 0 bridgehead atoms. The normalized spacial score (nSPS) is 12.3. The van der Waals surface area contributed by atoms with Gasteiger partial charge in [0.1, 0.15) is 11.3 Å². The summed E-state index contributed by atoms with van der Waals surface area (Å²) in [4.78, 5) is 24.4. The quantitative estimate of drug-likeness (QED) is 0.652. The predicted molar refractivity (Wildman–Crippen MR) is 109 cm³/mol. The van der Waals surface area contributed by atoms with Gasteiger partial charge in [0.2, 0.25) is 11.8 Å². The van der Waals surface area contributed by atoms with E-state index < -0.39 is 5.54 Å². The highest BCUT2D eigenvalue weighted by molar-refractivity contribution is 6.31. The van der Waals surface area contributed by atoms with Gasteiger partial charge in [0, 0.05) is 18.0 Å². The molecule has 0 aliphatic carbocycles. The molecule has 6 nitrogen and oxygen atoms in total. The van der Waals surface area contributed by atoms with E-state index in [1.54, 1.807) is 37.3 Å². The number of anilines is 1. The van der Waals surface area contributed by atoms with Crippen LogP contribution in [0, 0.1) is 0 Å². The number of carbonyl (C=O) groups excluding carboxylic acids is 2. The molecule has 0 saturated carbocycles. The van der Waals surface area contributed by atoms with Crippen LogP contribution in [0.4, 0.5) is 5.69 Å². The Balaban J connectivity index is 0.00000364. The molecule has 0 spiro atoms. The average molecular weight is 412 g/mol. The first-order chi connectivity index (χ1) is 12.3. The van der Waals surface area contributed by atoms with Gasteiger partial charge in [0.05, 0.1) is 12.8 Å². The fourth-order valence-electron chi connectivity index (χ4n) is 2.38. The molecular formula is C19H23Cl2N3O3. The minimum atomic E-state index is -1.17. The lowest BCUT2D eigenvalue weighted by Crippen LogP contribution is -2.49. The third-order valence-electron chi connectivity index (χ3n) is 3.92. The largest absolute Gasteiger partial charge is 0.495 e. The number of hydrogen-bond donors (Lipinski definition) is 3. The van der Waals surface area contributed by atoms with E-state index in [-0.39, 0.29) is 37.2 Å². The van der Waals surface area contributed by atoms with Crippen molar-refractivity contribution >= 4 is 41.5 Å². The van der Waals surface area contributed by atoms with Gasteiger partial charge in [0.15, 0.2) is 0 Å². The second kappa shape index (κ2) is 10.2. The van der Waals surface area contributed by atoms with Crippen LogP contribution in [-0.2, 0) is 15.1 Å². The molecule has 4 N–H and O–H groups in total. The molecule has 2 amide bonds. The van der Waals surface area contributed by atoms with Gasteiger partial charge < -0.3 is 21.1 Å². The van der Waals surface area contributed by atoms with Crippen molar-refractivity contribution in [1.82, 2.24) is 5.32 Å². The van der Waals surface area contributed by atoms with Crippen LogP contribution in [0.3, 0.4) is 0 Å². The lowest BCUT2D eigenvalue weighted by Gasteiger charge is -2.24. The van der Waals surface area contributed by atoms with E-state index in [0.29, 0.717) is 22.0 Å². The van der Waals surface area contributed by atoms with E-state index in [9.17, 15) is 9.59 Å². The van der Waals surface area contributed by atoms with E-state index in [1.807, 2.05) is 18.2 Å². The highest BCUT2D eigenvalue weighted by Gasteiger charge is 2.29.